The van der Waals surface area contributed by atoms with Crippen molar-refractivity contribution in [3.63, 3.8) is 0 Å². The van der Waals surface area contributed by atoms with Gasteiger partial charge in [0, 0.05) is 23.0 Å². The van der Waals surface area contributed by atoms with Crippen molar-refractivity contribution in [3.8, 4) is 10.6 Å². The molecule has 0 saturated carbocycles. The summed E-state index contributed by atoms with van der Waals surface area (Å²) in [5.41, 5.74) is 2.81. The highest BCUT2D eigenvalue weighted by Gasteiger charge is 2.10. The number of hydrogen-bond donors (Lipinski definition) is 1. The zero-order valence-corrected chi connectivity index (χ0v) is 12.6. The highest BCUT2D eigenvalue weighted by atomic mass is 32.1. The smallest absolute Gasteiger partial charge is 0.124 e. The van der Waals surface area contributed by atoms with Crippen LogP contribution in [-0.2, 0) is 6.54 Å². The molecule has 0 saturated heterocycles. The lowest BCUT2D eigenvalue weighted by Crippen LogP contribution is -2.21. The molecule has 1 aromatic carbocycles. The molecule has 1 aromatic heterocycles. The highest BCUT2D eigenvalue weighted by molar-refractivity contribution is 7.15. The number of aromatic nitrogens is 1. The van der Waals surface area contributed by atoms with Gasteiger partial charge in [-0.15, -0.1) is 11.3 Å². The lowest BCUT2D eigenvalue weighted by molar-refractivity contribution is 0.591. The maximum atomic E-state index is 13.4. The Kier molecular flexibility index (Phi) is 4.32. The van der Waals surface area contributed by atoms with Crippen LogP contribution in [0.15, 0.2) is 18.2 Å². The van der Waals surface area contributed by atoms with Gasteiger partial charge >= 0.3 is 0 Å². The van der Waals surface area contributed by atoms with Crippen LogP contribution in [0.3, 0.4) is 0 Å². The third-order valence-corrected chi connectivity index (χ3v) is 4.06. The van der Waals surface area contributed by atoms with E-state index in [0.717, 1.165) is 28.4 Å². The van der Waals surface area contributed by atoms with Crippen LogP contribution in [0.4, 0.5) is 4.39 Å². The summed E-state index contributed by atoms with van der Waals surface area (Å²) in [5, 5.41) is 4.28. The number of nitrogens with zero attached hydrogens (tertiary/aromatic N) is 1. The van der Waals surface area contributed by atoms with E-state index >= 15 is 0 Å². The van der Waals surface area contributed by atoms with Crippen LogP contribution in [0.2, 0.25) is 0 Å². The molecule has 0 fully saturated rings. The van der Waals surface area contributed by atoms with Crippen LogP contribution in [-0.4, -0.2) is 11.0 Å². The van der Waals surface area contributed by atoms with Crippen molar-refractivity contribution in [2.45, 2.75) is 40.3 Å². The molecule has 0 aliphatic carbocycles. The normalized spacial score (nSPS) is 11.3. The van der Waals surface area contributed by atoms with Gasteiger partial charge in [0.15, 0.2) is 0 Å². The Morgan fingerprint density at radius 1 is 1.26 bits per heavy atom. The van der Waals surface area contributed by atoms with Gasteiger partial charge in [-0.3, -0.25) is 0 Å². The Bertz CT molecular complexity index is 555. The first-order valence-corrected chi connectivity index (χ1v) is 7.24. The topological polar surface area (TPSA) is 24.9 Å². The lowest BCUT2D eigenvalue weighted by Gasteiger charge is -2.05. The summed E-state index contributed by atoms with van der Waals surface area (Å²) in [6.45, 7) is 8.95. The molecule has 0 atom stereocenters. The summed E-state index contributed by atoms with van der Waals surface area (Å²) >= 11 is 1.63. The molecule has 0 amide bonds. The molecule has 1 N–H and O–H groups in total. The maximum Gasteiger partial charge on any atom is 0.124 e. The lowest BCUT2D eigenvalue weighted by atomic mass is 10.1. The fourth-order valence-electron chi connectivity index (χ4n) is 1.87. The number of halogens is 1. The zero-order valence-electron chi connectivity index (χ0n) is 11.7. The summed E-state index contributed by atoms with van der Waals surface area (Å²) in [4.78, 5) is 5.77. The van der Waals surface area contributed by atoms with Crippen molar-refractivity contribution in [2.24, 2.45) is 0 Å². The first-order valence-electron chi connectivity index (χ1n) is 6.43. The predicted octanol–water partition coefficient (Wildman–Crippen LogP) is 4.06. The molecule has 0 bridgehead atoms. The minimum absolute atomic E-state index is 0.204. The zero-order chi connectivity index (χ0) is 14.0. The third-order valence-electron chi connectivity index (χ3n) is 2.85. The van der Waals surface area contributed by atoms with E-state index in [1.54, 1.807) is 17.4 Å². The first-order chi connectivity index (χ1) is 8.95. The molecule has 0 aliphatic heterocycles. The van der Waals surface area contributed by atoms with Gasteiger partial charge in [0.2, 0.25) is 0 Å². The van der Waals surface area contributed by atoms with E-state index in [-0.39, 0.29) is 5.82 Å². The molecule has 0 aliphatic rings. The third kappa shape index (κ3) is 3.61. The SMILES string of the molecule is Cc1cc(F)cc(-c2nc(C)c(CNC(C)C)s2)c1. The summed E-state index contributed by atoms with van der Waals surface area (Å²) in [6.07, 6.45) is 0. The Hall–Kier alpha value is -1.26. The van der Waals surface area contributed by atoms with Gasteiger partial charge < -0.3 is 5.32 Å². The van der Waals surface area contributed by atoms with Gasteiger partial charge in [-0.05, 0) is 37.6 Å². The Balaban J connectivity index is 2.28. The molecule has 0 spiro atoms. The summed E-state index contributed by atoms with van der Waals surface area (Å²) < 4.78 is 13.4. The summed E-state index contributed by atoms with van der Waals surface area (Å²) in [7, 11) is 0. The molecule has 0 unspecified atom stereocenters. The fourth-order valence-corrected chi connectivity index (χ4v) is 2.87. The first kappa shape index (κ1) is 14.2. The summed E-state index contributed by atoms with van der Waals surface area (Å²) in [6, 6.07) is 5.50. The van der Waals surface area contributed by atoms with E-state index in [2.05, 4.69) is 24.1 Å². The van der Waals surface area contributed by atoms with Gasteiger partial charge in [-0.25, -0.2) is 9.37 Å². The molecule has 19 heavy (non-hydrogen) atoms. The van der Waals surface area contributed by atoms with Crippen molar-refractivity contribution < 1.29 is 4.39 Å². The molecule has 0 radical (unpaired) electrons. The van der Waals surface area contributed by atoms with Gasteiger partial charge in [0.05, 0.1) is 5.69 Å². The molecule has 2 rings (SSSR count). The Labute approximate surface area is 117 Å². The largest absolute Gasteiger partial charge is 0.310 e. The Morgan fingerprint density at radius 3 is 2.63 bits per heavy atom. The number of hydrogen-bond acceptors (Lipinski definition) is 3. The van der Waals surface area contributed by atoms with Crippen molar-refractivity contribution in [1.82, 2.24) is 10.3 Å². The average molecular weight is 278 g/mol. The molecular formula is C15H19FN2S. The van der Waals surface area contributed by atoms with E-state index < -0.39 is 0 Å². The number of thiazole rings is 1. The number of nitrogens with one attached hydrogen (secondary N) is 1. The second-order valence-corrected chi connectivity index (χ2v) is 6.16. The molecule has 1 heterocycles. The fraction of sp³-hybridized carbons (Fsp3) is 0.400. The average Bonchev–Trinajstić information content (AvgIpc) is 2.67. The Morgan fingerprint density at radius 2 is 2.00 bits per heavy atom. The second-order valence-electron chi connectivity index (χ2n) is 5.08. The van der Waals surface area contributed by atoms with Crippen LogP contribution in [0.5, 0.6) is 0 Å². The van der Waals surface area contributed by atoms with Crippen molar-refractivity contribution in [3.05, 3.63) is 40.2 Å². The van der Waals surface area contributed by atoms with E-state index in [9.17, 15) is 4.39 Å². The van der Waals surface area contributed by atoms with Gasteiger partial charge in [-0.2, -0.15) is 0 Å². The summed E-state index contributed by atoms with van der Waals surface area (Å²) in [5.74, 6) is -0.204. The van der Waals surface area contributed by atoms with Gasteiger partial charge in [0.25, 0.3) is 0 Å². The minimum Gasteiger partial charge on any atom is -0.310 e. The second kappa shape index (κ2) is 5.80. The van der Waals surface area contributed by atoms with Crippen LogP contribution < -0.4 is 5.32 Å². The number of benzene rings is 1. The molecular weight excluding hydrogens is 259 g/mol. The van der Waals surface area contributed by atoms with E-state index in [0.29, 0.717) is 6.04 Å². The van der Waals surface area contributed by atoms with Crippen molar-refractivity contribution in [2.75, 3.05) is 0 Å². The van der Waals surface area contributed by atoms with Crippen LogP contribution in [0.25, 0.3) is 10.6 Å². The van der Waals surface area contributed by atoms with Crippen molar-refractivity contribution >= 4 is 11.3 Å². The van der Waals surface area contributed by atoms with Crippen LogP contribution in [0.1, 0.15) is 30.0 Å². The quantitative estimate of drug-likeness (QED) is 0.912. The predicted molar refractivity (Wildman–Crippen MR) is 79.0 cm³/mol. The highest BCUT2D eigenvalue weighted by Crippen LogP contribution is 2.29. The molecule has 4 heteroatoms. The van der Waals surface area contributed by atoms with Crippen LogP contribution in [0, 0.1) is 19.7 Å². The standard InChI is InChI=1S/C15H19FN2S/c1-9(2)17-8-14-11(4)18-15(19-14)12-5-10(3)6-13(16)7-12/h5-7,9,17H,8H2,1-4H3. The van der Waals surface area contributed by atoms with E-state index in [4.69, 9.17) is 0 Å². The minimum atomic E-state index is -0.204. The molecule has 2 aromatic rings. The van der Waals surface area contributed by atoms with Gasteiger partial charge in [-0.1, -0.05) is 13.8 Å². The van der Waals surface area contributed by atoms with Crippen molar-refractivity contribution in [1.29, 1.82) is 0 Å². The maximum absolute atomic E-state index is 13.4. The number of rotatable bonds is 4. The van der Waals surface area contributed by atoms with E-state index in [1.807, 2.05) is 19.9 Å². The number of aryl methyl sites for hydroxylation is 2. The monoisotopic (exact) mass is 278 g/mol. The van der Waals surface area contributed by atoms with Crippen LogP contribution >= 0.6 is 11.3 Å². The molecule has 2 nitrogen and oxygen atoms in total. The molecule has 102 valence electrons. The van der Waals surface area contributed by atoms with E-state index in [1.165, 1.54) is 10.9 Å². The van der Waals surface area contributed by atoms with Gasteiger partial charge in [0.1, 0.15) is 10.8 Å².